The second-order valence-electron chi connectivity index (χ2n) is 4.35. The van der Waals surface area contributed by atoms with Gasteiger partial charge in [0.2, 0.25) is 0 Å². The van der Waals surface area contributed by atoms with E-state index >= 15 is 0 Å². The third-order valence-electron chi connectivity index (χ3n) is 3.41. The topological polar surface area (TPSA) is 63.0 Å². The van der Waals surface area contributed by atoms with E-state index in [1.807, 2.05) is 4.68 Å². The molecule has 1 heterocycles. The van der Waals surface area contributed by atoms with Crippen LogP contribution >= 0.6 is 0 Å². The molecule has 0 saturated heterocycles. The van der Waals surface area contributed by atoms with Crippen molar-refractivity contribution in [2.45, 2.75) is 45.3 Å². The molecular formula is C11H20N4O. The molecule has 1 aliphatic carbocycles. The van der Waals surface area contributed by atoms with E-state index in [1.54, 1.807) is 6.33 Å². The lowest BCUT2D eigenvalue weighted by Crippen LogP contribution is -2.34. The average molecular weight is 224 g/mol. The van der Waals surface area contributed by atoms with Crippen LogP contribution in [0.4, 0.5) is 0 Å². The van der Waals surface area contributed by atoms with Gasteiger partial charge in [-0.15, -0.1) is 0 Å². The van der Waals surface area contributed by atoms with Crippen molar-refractivity contribution in [3.63, 3.8) is 0 Å². The van der Waals surface area contributed by atoms with Gasteiger partial charge < -0.3 is 10.4 Å². The van der Waals surface area contributed by atoms with E-state index in [-0.39, 0.29) is 6.61 Å². The van der Waals surface area contributed by atoms with E-state index in [0.29, 0.717) is 12.0 Å². The van der Waals surface area contributed by atoms with Gasteiger partial charge in [-0.2, -0.15) is 5.10 Å². The summed E-state index contributed by atoms with van der Waals surface area (Å²) < 4.78 is 1.90. The van der Waals surface area contributed by atoms with E-state index in [0.717, 1.165) is 31.8 Å². The van der Waals surface area contributed by atoms with Gasteiger partial charge in [0.25, 0.3) is 0 Å². The standard InChI is InChI=1S/C11H20N4O/c1-2-15-11(13-8-14-15)6-12-10-5-3-4-9(10)7-16/h8-10,12,16H,2-7H2,1H3. The lowest BCUT2D eigenvalue weighted by molar-refractivity contribution is 0.204. The van der Waals surface area contributed by atoms with Crippen molar-refractivity contribution in [3.05, 3.63) is 12.2 Å². The molecule has 2 N–H and O–H groups in total. The highest BCUT2D eigenvalue weighted by molar-refractivity contribution is 4.88. The Hall–Kier alpha value is -0.940. The maximum atomic E-state index is 9.22. The van der Waals surface area contributed by atoms with Crippen molar-refractivity contribution in [2.24, 2.45) is 5.92 Å². The number of nitrogens with zero attached hydrogens (tertiary/aromatic N) is 3. The minimum atomic E-state index is 0.290. The number of hydrogen-bond donors (Lipinski definition) is 2. The Balaban J connectivity index is 1.87. The fourth-order valence-corrected chi connectivity index (χ4v) is 2.44. The van der Waals surface area contributed by atoms with Crippen LogP contribution in [0.15, 0.2) is 6.33 Å². The zero-order valence-electron chi connectivity index (χ0n) is 9.76. The summed E-state index contributed by atoms with van der Waals surface area (Å²) in [7, 11) is 0. The zero-order chi connectivity index (χ0) is 11.4. The first-order valence-corrected chi connectivity index (χ1v) is 6.06. The number of nitrogens with one attached hydrogen (secondary N) is 1. The van der Waals surface area contributed by atoms with Gasteiger partial charge in [0, 0.05) is 19.2 Å². The Bertz CT molecular complexity index is 326. The molecular weight excluding hydrogens is 204 g/mol. The molecule has 1 aromatic heterocycles. The fraction of sp³-hybridized carbons (Fsp3) is 0.818. The smallest absolute Gasteiger partial charge is 0.140 e. The fourth-order valence-electron chi connectivity index (χ4n) is 2.44. The number of aliphatic hydroxyl groups is 1. The molecule has 0 aromatic carbocycles. The van der Waals surface area contributed by atoms with Gasteiger partial charge in [0.15, 0.2) is 0 Å². The highest BCUT2D eigenvalue weighted by atomic mass is 16.3. The average Bonchev–Trinajstić information content (AvgIpc) is 2.94. The zero-order valence-corrected chi connectivity index (χ0v) is 9.76. The van der Waals surface area contributed by atoms with Gasteiger partial charge in [-0.05, 0) is 25.7 Å². The summed E-state index contributed by atoms with van der Waals surface area (Å²) in [4.78, 5) is 4.23. The van der Waals surface area contributed by atoms with E-state index in [2.05, 4.69) is 22.3 Å². The largest absolute Gasteiger partial charge is 0.396 e. The number of aromatic nitrogens is 3. The number of aliphatic hydroxyl groups excluding tert-OH is 1. The van der Waals surface area contributed by atoms with Crippen LogP contribution in [-0.2, 0) is 13.1 Å². The SMILES string of the molecule is CCn1ncnc1CNC1CCCC1CO. The summed E-state index contributed by atoms with van der Waals surface area (Å²) in [6, 6.07) is 0.437. The van der Waals surface area contributed by atoms with Crippen LogP contribution in [0.1, 0.15) is 32.0 Å². The first-order chi connectivity index (χ1) is 7.85. The number of hydrogen-bond acceptors (Lipinski definition) is 4. The van der Waals surface area contributed by atoms with Crippen molar-refractivity contribution in [1.29, 1.82) is 0 Å². The molecule has 0 aliphatic heterocycles. The number of aryl methyl sites for hydroxylation is 1. The van der Waals surface area contributed by atoms with Crippen LogP contribution in [0.25, 0.3) is 0 Å². The van der Waals surface area contributed by atoms with Gasteiger partial charge in [-0.25, -0.2) is 9.67 Å². The van der Waals surface area contributed by atoms with Crippen molar-refractivity contribution < 1.29 is 5.11 Å². The molecule has 16 heavy (non-hydrogen) atoms. The van der Waals surface area contributed by atoms with Crippen LogP contribution in [0, 0.1) is 5.92 Å². The molecule has 1 fully saturated rings. The third kappa shape index (κ3) is 2.41. The van der Waals surface area contributed by atoms with Crippen LogP contribution in [-0.4, -0.2) is 32.5 Å². The molecule has 5 nitrogen and oxygen atoms in total. The van der Waals surface area contributed by atoms with Crippen molar-refractivity contribution in [1.82, 2.24) is 20.1 Å². The van der Waals surface area contributed by atoms with E-state index in [1.165, 1.54) is 6.42 Å². The summed E-state index contributed by atoms with van der Waals surface area (Å²) >= 11 is 0. The summed E-state index contributed by atoms with van der Waals surface area (Å²) in [5.74, 6) is 1.39. The molecule has 0 bridgehead atoms. The monoisotopic (exact) mass is 224 g/mol. The number of rotatable bonds is 5. The molecule has 2 rings (SSSR count). The van der Waals surface area contributed by atoms with Gasteiger partial charge in [0.1, 0.15) is 12.2 Å². The normalized spacial score (nSPS) is 25.1. The molecule has 0 amide bonds. The molecule has 1 aromatic rings. The molecule has 1 aliphatic rings. The Morgan fingerprint density at radius 3 is 3.19 bits per heavy atom. The molecule has 1 saturated carbocycles. The van der Waals surface area contributed by atoms with Crippen LogP contribution in [0.5, 0.6) is 0 Å². The van der Waals surface area contributed by atoms with Crippen molar-refractivity contribution >= 4 is 0 Å². The molecule has 5 heteroatoms. The molecule has 0 radical (unpaired) electrons. The van der Waals surface area contributed by atoms with Crippen LogP contribution in [0.2, 0.25) is 0 Å². The first kappa shape index (κ1) is 11.5. The van der Waals surface area contributed by atoms with Crippen LogP contribution < -0.4 is 5.32 Å². The quantitative estimate of drug-likeness (QED) is 0.766. The molecule has 2 unspecified atom stereocenters. The lowest BCUT2D eigenvalue weighted by Gasteiger charge is -2.18. The summed E-state index contributed by atoms with van der Waals surface area (Å²) in [6.45, 7) is 3.95. The Kier molecular flexibility index (Phi) is 3.90. The maximum absolute atomic E-state index is 9.22. The summed E-state index contributed by atoms with van der Waals surface area (Å²) in [6.07, 6.45) is 5.10. The van der Waals surface area contributed by atoms with Crippen LogP contribution in [0.3, 0.4) is 0 Å². The minimum Gasteiger partial charge on any atom is -0.396 e. The van der Waals surface area contributed by atoms with E-state index in [4.69, 9.17) is 0 Å². The predicted molar refractivity (Wildman–Crippen MR) is 60.8 cm³/mol. The molecule has 2 atom stereocenters. The van der Waals surface area contributed by atoms with E-state index < -0.39 is 0 Å². The second-order valence-corrected chi connectivity index (χ2v) is 4.35. The second kappa shape index (κ2) is 5.41. The lowest BCUT2D eigenvalue weighted by atomic mass is 10.1. The summed E-state index contributed by atoms with van der Waals surface area (Å²) in [5, 5.41) is 16.8. The predicted octanol–water partition coefficient (Wildman–Crippen LogP) is 0.549. The maximum Gasteiger partial charge on any atom is 0.140 e. The Morgan fingerprint density at radius 2 is 2.44 bits per heavy atom. The highest BCUT2D eigenvalue weighted by Gasteiger charge is 2.26. The van der Waals surface area contributed by atoms with Crippen molar-refractivity contribution in [3.8, 4) is 0 Å². The first-order valence-electron chi connectivity index (χ1n) is 6.06. The third-order valence-corrected chi connectivity index (χ3v) is 3.41. The van der Waals surface area contributed by atoms with Gasteiger partial charge in [0.05, 0.1) is 6.54 Å². The van der Waals surface area contributed by atoms with Crippen molar-refractivity contribution in [2.75, 3.05) is 6.61 Å². The Morgan fingerprint density at radius 1 is 1.56 bits per heavy atom. The van der Waals surface area contributed by atoms with Gasteiger partial charge >= 0.3 is 0 Å². The van der Waals surface area contributed by atoms with Gasteiger partial charge in [-0.3, -0.25) is 0 Å². The Labute approximate surface area is 95.9 Å². The van der Waals surface area contributed by atoms with E-state index in [9.17, 15) is 5.11 Å². The summed E-state index contributed by atoms with van der Waals surface area (Å²) in [5.41, 5.74) is 0. The molecule has 0 spiro atoms. The minimum absolute atomic E-state index is 0.290. The highest BCUT2D eigenvalue weighted by Crippen LogP contribution is 2.25. The molecule has 90 valence electrons. The van der Waals surface area contributed by atoms with Gasteiger partial charge in [-0.1, -0.05) is 6.42 Å².